The van der Waals surface area contributed by atoms with E-state index in [1.165, 1.54) is 24.3 Å². The molecule has 0 unspecified atom stereocenters. The molecule has 3 rings (SSSR count). The summed E-state index contributed by atoms with van der Waals surface area (Å²) in [5, 5.41) is 5.71. The number of rotatable bonds is 5. The summed E-state index contributed by atoms with van der Waals surface area (Å²) in [5.41, 5.74) is 3.05. The van der Waals surface area contributed by atoms with Crippen LogP contribution in [0.4, 0.5) is 18.9 Å². The predicted octanol–water partition coefficient (Wildman–Crippen LogP) is 5.20. The van der Waals surface area contributed by atoms with Crippen LogP contribution in [0.15, 0.2) is 53.9 Å². The van der Waals surface area contributed by atoms with E-state index >= 15 is 0 Å². The number of hydrogen-bond donors (Lipinski definition) is 1. The Bertz CT molecular complexity index is 919. The third-order valence-corrected chi connectivity index (χ3v) is 4.38. The summed E-state index contributed by atoms with van der Waals surface area (Å²) in [6, 6.07) is 12.5. The molecule has 0 radical (unpaired) electrons. The van der Waals surface area contributed by atoms with Gasteiger partial charge in [0, 0.05) is 16.6 Å². The number of carbonyl (C=O) groups excluding carboxylic acids is 1. The van der Waals surface area contributed by atoms with Gasteiger partial charge in [0.15, 0.2) is 0 Å². The first-order valence-electron chi connectivity index (χ1n) is 7.95. The van der Waals surface area contributed by atoms with E-state index in [1.54, 1.807) is 23.5 Å². The van der Waals surface area contributed by atoms with E-state index in [1.807, 2.05) is 24.4 Å². The fraction of sp³-hybridized carbons (Fsp3) is 0.158. The number of aryl methyl sites for hydroxylation is 1. The molecular formula is C19H15F3N2O2S. The van der Waals surface area contributed by atoms with E-state index in [4.69, 9.17) is 0 Å². The highest BCUT2D eigenvalue weighted by molar-refractivity contribution is 7.09. The molecule has 0 aliphatic heterocycles. The topological polar surface area (TPSA) is 51.2 Å². The number of halogens is 3. The van der Waals surface area contributed by atoms with Crippen molar-refractivity contribution >= 4 is 22.9 Å². The van der Waals surface area contributed by atoms with Gasteiger partial charge < -0.3 is 10.1 Å². The Morgan fingerprint density at radius 3 is 2.33 bits per heavy atom. The van der Waals surface area contributed by atoms with Gasteiger partial charge in [0.1, 0.15) is 5.75 Å². The van der Waals surface area contributed by atoms with Crippen molar-refractivity contribution < 1.29 is 22.7 Å². The number of carbonyl (C=O) groups is 1. The Morgan fingerprint density at radius 1 is 1.11 bits per heavy atom. The second kappa shape index (κ2) is 7.79. The summed E-state index contributed by atoms with van der Waals surface area (Å²) >= 11 is 1.57. The average molecular weight is 392 g/mol. The number of benzene rings is 2. The number of alkyl halides is 3. The van der Waals surface area contributed by atoms with Gasteiger partial charge in [0.2, 0.25) is 5.91 Å². The summed E-state index contributed by atoms with van der Waals surface area (Å²) in [5.74, 6) is -0.587. The van der Waals surface area contributed by atoms with Gasteiger partial charge in [0.25, 0.3) is 0 Å². The second-order valence-corrected chi connectivity index (χ2v) is 6.81. The first-order chi connectivity index (χ1) is 12.8. The molecule has 3 aromatic rings. The summed E-state index contributed by atoms with van der Waals surface area (Å²) in [7, 11) is 0. The molecule has 0 aliphatic rings. The lowest BCUT2D eigenvalue weighted by Gasteiger charge is -2.09. The van der Waals surface area contributed by atoms with E-state index in [0.717, 1.165) is 16.3 Å². The molecule has 0 atom stereocenters. The SMILES string of the molecule is Cc1nc(-c2ccc(NC(=O)Cc3ccc(OC(F)(F)F)cc3)cc2)cs1. The van der Waals surface area contributed by atoms with Crippen molar-refractivity contribution in [1.82, 2.24) is 4.98 Å². The first-order valence-corrected chi connectivity index (χ1v) is 8.83. The number of anilines is 1. The molecule has 140 valence electrons. The average Bonchev–Trinajstić information content (AvgIpc) is 3.02. The van der Waals surface area contributed by atoms with Crippen LogP contribution in [-0.2, 0) is 11.2 Å². The number of hydrogen-bond acceptors (Lipinski definition) is 4. The molecule has 2 aromatic carbocycles. The molecule has 1 aromatic heterocycles. The summed E-state index contributed by atoms with van der Waals surface area (Å²) in [6.07, 6.45) is -4.69. The molecule has 4 nitrogen and oxygen atoms in total. The number of amides is 1. The highest BCUT2D eigenvalue weighted by Gasteiger charge is 2.30. The zero-order chi connectivity index (χ0) is 19.4. The molecule has 1 N–H and O–H groups in total. The lowest BCUT2D eigenvalue weighted by atomic mass is 10.1. The zero-order valence-electron chi connectivity index (χ0n) is 14.2. The highest BCUT2D eigenvalue weighted by atomic mass is 32.1. The number of nitrogens with one attached hydrogen (secondary N) is 1. The molecule has 0 bridgehead atoms. The molecule has 0 saturated carbocycles. The second-order valence-electron chi connectivity index (χ2n) is 5.75. The third-order valence-electron chi connectivity index (χ3n) is 3.61. The molecule has 0 aliphatic carbocycles. The number of ether oxygens (including phenoxy) is 1. The minimum atomic E-state index is -4.73. The van der Waals surface area contributed by atoms with Crippen LogP contribution >= 0.6 is 11.3 Å². The van der Waals surface area contributed by atoms with Gasteiger partial charge in [-0.15, -0.1) is 24.5 Å². The molecule has 0 spiro atoms. The van der Waals surface area contributed by atoms with Gasteiger partial charge >= 0.3 is 6.36 Å². The number of thiazole rings is 1. The Kier molecular flexibility index (Phi) is 5.46. The van der Waals surface area contributed by atoms with Crippen LogP contribution in [0.1, 0.15) is 10.6 Å². The van der Waals surface area contributed by atoms with Crippen molar-refractivity contribution in [2.45, 2.75) is 19.7 Å². The van der Waals surface area contributed by atoms with Gasteiger partial charge in [-0.25, -0.2) is 4.98 Å². The minimum absolute atomic E-state index is 0.0410. The fourth-order valence-corrected chi connectivity index (χ4v) is 3.04. The quantitative estimate of drug-likeness (QED) is 0.649. The van der Waals surface area contributed by atoms with E-state index in [-0.39, 0.29) is 18.1 Å². The van der Waals surface area contributed by atoms with Crippen molar-refractivity contribution in [3.63, 3.8) is 0 Å². The zero-order valence-corrected chi connectivity index (χ0v) is 15.0. The van der Waals surface area contributed by atoms with Gasteiger partial charge in [-0.05, 0) is 36.8 Å². The maximum Gasteiger partial charge on any atom is 0.573 e. The predicted molar refractivity (Wildman–Crippen MR) is 97.7 cm³/mol. The van der Waals surface area contributed by atoms with Crippen LogP contribution in [0.5, 0.6) is 5.75 Å². The van der Waals surface area contributed by atoms with Crippen molar-refractivity contribution in [1.29, 1.82) is 0 Å². The van der Waals surface area contributed by atoms with Gasteiger partial charge in [0.05, 0.1) is 17.1 Å². The molecule has 1 amide bonds. The lowest BCUT2D eigenvalue weighted by molar-refractivity contribution is -0.274. The van der Waals surface area contributed by atoms with E-state index in [2.05, 4.69) is 15.0 Å². The molecular weight excluding hydrogens is 377 g/mol. The van der Waals surface area contributed by atoms with Crippen LogP contribution in [0.25, 0.3) is 11.3 Å². The fourth-order valence-electron chi connectivity index (χ4n) is 2.42. The molecule has 0 fully saturated rings. The van der Waals surface area contributed by atoms with Crippen LogP contribution in [-0.4, -0.2) is 17.3 Å². The number of aromatic nitrogens is 1. The largest absolute Gasteiger partial charge is 0.573 e. The standard InChI is InChI=1S/C19H15F3N2O2S/c1-12-23-17(11-27-12)14-4-6-15(7-5-14)24-18(25)10-13-2-8-16(9-3-13)26-19(20,21)22/h2-9,11H,10H2,1H3,(H,24,25). The Morgan fingerprint density at radius 2 is 1.78 bits per heavy atom. The first kappa shape index (κ1) is 18.9. The monoisotopic (exact) mass is 392 g/mol. The lowest BCUT2D eigenvalue weighted by Crippen LogP contribution is -2.17. The van der Waals surface area contributed by atoms with Crippen molar-refractivity contribution in [2.24, 2.45) is 0 Å². The van der Waals surface area contributed by atoms with Crippen LogP contribution < -0.4 is 10.1 Å². The Labute approximate surface area is 157 Å². The van der Waals surface area contributed by atoms with Crippen LogP contribution in [0, 0.1) is 6.92 Å². The van der Waals surface area contributed by atoms with Crippen molar-refractivity contribution in [2.75, 3.05) is 5.32 Å². The smallest absolute Gasteiger partial charge is 0.406 e. The van der Waals surface area contributed by atoms with E-state index in [0.29, 0.717) is 11.3 Å². The molecule has 1 heterocycles. The highest BCUT2D eigenvalue weighted by Crippen LogP contribution is 2.24. The Balaban J connectivity index is 1.57. The summed E-state index contributed by atoms with van der Waals surface area (Å²) in [6.45, 7) is 1.94. The van der Waals surface area contributed by atoms with Gasteiger partial charge in [-0.3, -0.25) is 4.79 Å². The van der Waals surface area contributed by atoms with Crippen LogP contribution in [0.3, 0.4) is 0 Å². The third kappa shape index (κ3) is 5.55. The maximum atomic E-state index is 12.1. The molecule has 8 heteroatoms. The normalized spacial score (nSPS) is 11.3. The molecule has 0 saturated heterocycles. The summed E-state index contributed by atoms with van der Waals surface area (Å²) in [4.78, 5) is 16.5. The van der Waals surface area contributed by atoms with Gasteiger partial charge in [-0.1, -0.05) is 24.3 Å². The maximum absolute atomic E-state index is 12.1. The summed E-state index contributed by atoms with van der Waals surface area (Å²) < 4.78 is 40.2. The van der Waals surface area contributed by atoms with E-state index in [9.17, 15) is 18.0 Å². The molecule has 27 heavy (non-hydrogen) atoms. The minimum Gasteiger partial charge on any atom is -0.406 e. The van der Waals surface area contributed by atoms with E-state index < -0.39 is 6.36 Å². The van der Waals surface area contributed by atoms with Crippen molar-refractivity contribution in [3.8, 4) is 17.0 Å². The van der Waals surface area contributed by atoms with Crippen LogP contribution in [0.2, 0.25) is 0 Å². The van der Waals surface area contributed by atoms with Gasteiger partial charge in [-0.2, -0.15) is 0 Å². The Hall–Kier alpha value is -2.87. The number of nitrogens with zero attached hydrogens (tertiary/aromatic N) is 1. The van der Waals surface area contributed by atoms with Crippen molar-refractivity contribution in [3.05, 3.63) is 64.5 Å².